The molecule has 0 spiro atoms. The van der Waals surface area contributed by atoms with Crippen molar-refractivity contribution < 1.29 is 0 Å². The number of anilines is 1. The number of benzene rings is 1. The van der Waals surface area contributed by atoms with Gasteiger partial charge in [0.15, 0.2) is 0 Å². The number of rotatable bonds is 2. The second-order valence-electron chi connectivity index (χ2n) is 5.65. The predicted molar refractivity (Wildman–Crippen MR) is 79.1 cm³/mol. The van der Waals surface area contributed by atoms with E-state index >= 15 is 0 Å². The normalized spacial score (nSPS) is 14.7. The van der Waals surface area contributed by atoms with Gasteiger partial charge in [-0.05, 0) is 24.3 Å². The highest BCUT2D eigenvalue weighted by Crippen LogP contribution is 2.30. The minimum Gasteiger partial charge on any atom is -0.383 e. The van der Waals surface area contributed by atoms with E-state index in [2.05, 4.69) is 42.7 Å². The van der Waals surface area contributed by atoms with Gasteiger partial charge in [0.25, 0.3) is 0 Å². The van der Waals surface area contributed by atoms with Crippen molar-refractivity contribution in [1.82, 2.24) is 9.55 Å². The minimum absolute atomic E-state index is 0.557. The van der Waals surface area contributed by atoms with Gasteiger partial charge in [0.2, 0.25) is 0 Å². The zero-order valence-electron chi connectivity index (χ0n) is 11.7. The Morgan fingerprint density at radius 3 is 2.53 bits per heavy atom. The summed E-state index contributed by atoms with van der Waals surface area (Å²) in [4.78, 5) is 4.73. The van der Waals surface area contributed by atoms with Gasteiger partial charge in [-0.25, -0.2) is 4.98 Å². The third kappa shape index (κ3) is 2.14. The molecule has 100 valence electrons. The maximum atomic E-state index is 6.25. The lowest BCUT2D eigenvalue weighted by Gasteiger charge is -2.14. The first-order valence-corrected chi connectivity index (χ1v) is 7.12. The summed E-state index contributed by atoms with van der Waals surface area (Å²) < 4.78 is 2.18. The molecule has 19 heavy (non-hydrogen) atoms. The summed E-state index contributed by atoms with van der Waals surface area (Å²) in [5, 5.41) is 0. The molecule has 0 amide bonds. The average Bonchev–Trinajstić information content (AvgIpc) is 2.77. The molecule has 0 aliphatic carbocycles. The third-order valence-electron chi connectivity index (χ3n) is 3.97. The van der Waals surface area contributed by atoms with E-state index in [0.29, 0.717) is 5.92 Å². The van der Waals surface area contributed by atoms with Crippen LogP contribution in [0.2, 0.25) is 0 Å². The van der Waals surface area contributed by atoms with Gasteiger partial charge in [0.1, 0.15) is 17.3 Å². The minimum atomic E-state index is 0.557. The van der Waals surface area contributed by atoms with E-state index < -0.39 is 0 Å². The zero-order valence-corrected chi connectivity index (χ0v) is 11.7. The fourth-order valence-corrected chi connectivity index (χ4v) is 2.75. The number of nitrogens with zero attached hydrogens (tertiary/aromatic N) is 2. The van der Waals surface area contributed by atoms with Crippen molar-refractivity contribution in [1.29, 1.82) is 0 Å². The molecule has 2 heterocycles. The smallest absolute Gasteiger partial charge is 0.131 e. The van der Waals surface area contributed by atoms with E-state index in [1.807, 2.05) is 0 Å². The zero-order chi connectivity index (χ0) is 13.4. The van der Waals surface area contributed by atoms with Gasteiger partial charge in [-0.1, -0.05) is 38.1 Å². The molecule has 1 aliphatic rings. The fourth-order valence-electron chi connectivity index (χ4n) is 2.75. The monoisotopic (exact) mass is 255 g/mol. The van der Waals surface area contributed by atoms with Crippen LogP contribution in [0.1, 0.15) is 44.0 Å². The molecule has 0 saturated heterocycles. The summed E-state index contributed by atoms with van der Waals surface area (Å²) in [7, 11) is 0. The van der Waals surface area contributed by atoms with E-state index in [1.54, 1.807) is 0 Å². The highest BCUT2D eigenvalue weighted by molar-refractivity contribution is 5.71. The second kappa shape index (κ2) is 4.72. The second-order valence-corrected chi connectivity index (χ2v) is 5.65. The van der Waals surface area contributed by atoms with Gasteiger partial charge in [-0.15, -0.1) is 0 Å². The van der Waals surface area contributed by atoms with Crippen molar-refractivity contribution in [3.05, 3.63) is 35.7 Å². The molecule has 0 fully saturated rings. The number of hydrogen-bond donors (Lipinski definition) is 1. The van der Waals surface area contributed by atoms with Gasteiger partial charge < -0.3 is 10.3 Å². The van der Waals surface area contributed by atoms with Crippen LogP contribution in [0.25, 0.3) is 11.3 Å². The van der Waals surface area contributed by atoms with Gasteiger partial charge >= 0.3 is 0 Å². The lowest BCUT2D eigenvalue weighted by atomic mass is 10.0. The highest BCUT2D eigenvalue weighted by atomic mass is 15.1. The maximum absolute atomic E-state index is 6.25. The molecule has 0 atom stereocenters. The van der Waals surface area contributed by atoms with Crippen molar-refractivity contribution >= 4 is 5.82 Å². The van der Waals surface area contributed by atoms with E-state index in [1.165, 1.54) is 18.4 Å². The molecule has 3 nitrogen and oxygen atoms in total. The summed E-state index contributed by atoms with van der Waals surface area (Å²) in [6.45, 7) is 5.43. The highest BCUT2D eigenvalue weighted by Gasteiger charge is 2.18. The number of hydrogen-bond acceptors (Lipinski definition) is 2. The van der Waals surface area contributed by atoms with E-state index in [0.717, 1.165) is 35.9 Å². The molecule has 2 N–H and O–H groups in total. The molecule has 0 unspecified atom stereocenters. The Kier molecular flexibility index (Phi) is 3.05. The molecule has 3 heteroatoms. The van der Waals surface area contributed by atoms with Crippen LogP contribution in [-0.4, -0.2) is 9.55 Å². The molecule has 1 aliphatic heterocycles. The first kappa shape index (κ1) is 12.3. The lowest BCUT2D eigenvalue weighted by Crippen LogP contribution is -2.12. The number of aryl methyl sites for hydroxylation is 1. The van der Waals surface area contributed by atoms with Crippen LogP contribution in [0.15, 0.2) is 24.3 Å². The number of imidazole rings is 1. The van der Waals surface area contributed by atoms with Crippen LogP contribution >= 0.6 is 0 Å². The third-order valence-corrected chi connectivity index (χ3v) is 3.97. The molecule has 2 aromatic rings. The van der Waals surface area contributed by atoms with E-state index in [9.17, 15) is 0 Å². The van der Waals surface area contributed by atoms with Gasteiger partial charge in [0.05, 0.1) is 0 Å². The lowest BCUT2D eigenvalue weighted by molar-refractivity contribution is 0.527. The molecule has 1 aromatic heterocycles. The quantitative estimate of drug-likeness (QED) is 0.891. The van der Waals surface area contributed by atoms with Crippen LogP contribution < -0.4 is 5.73 Å². The van der Waals surface area contributed by atoms with E-state index in [-0.39, 0.29) is 0 Å². The number of nitrogens with two attached hydrogens (primary N) is 1. The summed E-state index contributed by atoms with van der Waals surface area (Å²) >= 11 is 0. The van der Waals surface area contributed by atoms with Crippen molar-refractivity contribution in [3.63, 3.8) is 0 Å². The number of aromatic nitrogens is 2. The Labute approximate surface area is 114 Å². The van der Waals surface area contributed by atoms with Crippen molar-refractivity contribution in [2.75, 3.05) is 5.73 Å². The summed E-state index contributed by atoms with van der Waals surface area (Å²) in [5.41, 5.74) is 9.69. The summed E-state index contributed by atoms with van der Waals surface area (Å²) in [6, 6.07) is 8.63. The summed E-state index contributed by atoms with van der Waals surface area (Å²) in [6.07, 6.45) is 3.48. The van der Waals surface area contributed by atoms with Crippen molar-refractivity contribution in [2.24, 2.45) is 0 Å². The number of nitrogen functional groups attached to an aromatic ring is 1. The van der Waals surface area contributed by atoms with Gasteiger partial charge in [-0.3, -0.25) is 0 Å². The van der Waals surface area contributed by atoms with Crippen LogP contribution in [0, 0.1) is 0 Å². The van der Waals surface area contributed by atoms with Crippen LogP contribution in [0.5, 0.6) is 0 Å². The first-order chi connectivity index (χ1) is 9.16. The molecular weight excluding hydrogens is 234 g/mol. The molecule has 0 saturated carbocycles. The molecule has 1 aromatic carbocycles. The largest absolute Gasteiger partial charge is 0.383 e. The van der Waals surface area contributed by atoms with Crippen LogP contribution in [-0.2, 0) is 13.0 Å². The fraction of sp³-hybridized carbons (Fsp3) is 0.438. The Hall–Kier alpha value is -1.77. The van der Waals surface area contributed by atoms with E-state index in [4.69, 9.17) is 10.7 Å². The first-order valence-electron chi connectivity index (χ1n) is 7.12. The molecular formula is C16H21N3. The Morgan fingerprint density at radius 1 is 1.16 bits per heavy atom. The number of fused-ring (bicyclic) bond motifs is 1. The standard InChI is InChI=1S/C16H21N3/c1-11(2)12-6-8-13(9-7-12)15-16(17)19-10-4-3-5-14(19)18-15/h6-9,11H,3-5,10,17H2,1-2H3. The van der Waals surface area contributed by atoms with Gasteiger partial charge in [0, 0.05) is 18.5 Å². The van der Waals surface area contributed by atoms with Gasteiger partial charge in [-0.2, -0.15) is 0 Å². The van der Waals surface area contributed by atoms with Crippen LogP contribution in [0.3, 0.4) is 0 Å². The maximum Gasteiger partial charge on any atom is 0.131 e. The molecule has 0 radical (unpaired) electrons. The SMILES string of the molecule is CC(C)c1ccc(-c2nc3n(c2N)CCCC3)cc1. The predicted octanol–water partition coefficient (Wildman–Crippen LogP) is 3.59. The topological polar surface area (TPSA) is 43.8 Å². The Balaban J connectivity index is 2.00. The van der Waals surface area contributed by atoms with Crippen molar-refractivity contribution in [3.8, 4) is 11.3 Å². The van der Waals surface area contributed by atoms with Crippen LogP contribution in [0.4, 0.5) is 5.82 Å². The van der Waals surface area contributed by atoms with Crippen molar-refractivity contribution in [2.45, 2.75) is 45.6 Å². The Bertz CT molecular complexity index is 579. The molecule has 3 rings (SSSR count). The summed E-state index contributed by atoms with van der Waals surface area (Å²) in [5.74, 6) is 2.53. The Morgan fingerprint density at radius 2 is 1.89 bits per heavy atom. The average molecular weight is 255 g/mol. The molecule has 0 bridgehead atoms.